The Kier molecular flexibility index (Phi) is 7.12. The van der Waals surface area contributed by atoms with Crippen molar-refractivity contribution in [2.45, 2.75) is 6.42 Å². The number of aromatic hydroxyl groups is 1. The molecule has 4 N–H and O–H groups in total. The molecular weight excluding hydrogens is 295 g/mol. The molecule has 0 saturated carbocycles. The monoisotopic (exact) mass is 308 g/mol. The average molecular weight is 310 g/mol. The van der Waals surface area contributed by atoms with E-state index in [4.69, 9.17) is 5.73 Å². The molecule has 0 spiro atoms. The summed E-state index contributed by atoms with van der Waals surface area (Å²) in [6.45, 7) is 1.05. The van der Waals surface area contributed by atoms with Gasteiger partial charge in [0.1, 0.15) is 5.75 Å². The molecule has 1 amide bonds. The fourth-order valence-corrected chi connectivity index (χ4v) is 1.45. The Labute approximate surface area is 109 Å². The summed E-state index contributed by atoms with van der Waals surface area (Å²) in [6.07, 6.45) is 0.723. The predicted molar refractivity (Wildman–Crippen MR) is 69.1 cm³/mol. The third kappa shape index (κ3) is 4.38. The smallest absolute Gasteiger partial charge is 0.255 e. The summed E-state index contributed by atoms with van der Waals surface area (Å²) in [6, 6.07) is 4.72. The van der Waals surface area contributed by atoms with Gasteiger partial charge in [0.25, 0.3) is 5.91 Å². The quantitative estimate of drug-likeness (QED) is 0.740. The first kappa shape index (κ1) is 15.2. The van der Waals surface area contributed by atoms with Crippen molar-refractivity contribution in [1.82, 2.24) is 5.32 Å². The predicted octanol–water partition coefficient (Wildman–Crippen LogP) is 1.66. The van der Waals surface area contributed by atoms with Crippen LogP contribution in [0.25, 0.3) is 0 Å². The summed E-state index contributed by atoms with van der Waals surface area (Å²) >= 11 is 3.24. The van der Waals surface area contributed by atoms with E-state index in [0.717, 1.165) is 10.9 Å². The molecule has 0 radical (unpaired) electrons. The first-order valence-corrected chi connectivity index (χ1v) is 5.41. The van der Waals surface area contributed by atoms with Crippen molar-refractivity contribution in [2.75, 3.05) is 13.1 Å². The zero-order valence-corrected chi connectivity index (χ0v) is 11.0. The number of carbonyl (C=O) groups excluding carboxylic acids is 1. The number of hydrogen-bond donors (Lipinski definition) is 3. The molecule has 0 atom stereocenters. The Hall–Kier alpha value is -0.780. The number of carbonyl (C=O) groups is 1. The SMILES string of the molecule is Cl.NCCCNC(=O)c1cc(Br)ccc1O. The Morgan fingerprint density at radius 2 is 2.19 bits per heavy atom. The van der Waals surface area contributed by atoms with Crippen LogP contribution in [0.15, 0.2) is 22.7 Å². The van der Waals surface area contributed by atoms with E-state index in [1.807, 2.05) is 0 Å². The third-order valence-corrected chi connectivity index (χ3v) is 2.36. The Bertz CT molecular complexity index is 361. The van der Waals surface area contributed by atoms with E-state index >= 15 is 0 Å². The van der Waals surface area contributed by atoms with Crippen LogP contribution in [0.1, 0.15) is 16.8 Å². The number of hydrogen-bond acceptors (Lipinski definition) is 3. The van der Waals surface area contributed by atoms with Gasteiger partial charge < -0.3 is 16.2 Å². The van der Waals surface area contributed by atoms with Crippen LogP contribution >= 0.6 is 28.3 Å². The number of nitrogens with one attached hydrogen (secondary N) is 1. The van der Waals surface area contributed by atoms with Gasteiger partial charge in [-0.2, -0.15) is 0 Å². The summed E-state index contributed by atoms with van der Waals surface area (Å²) in [5, 5.41) is 12.1. The van der Waals surface area contributed by atoms with Gasteiger partial charge in [-0.25, -0.2) is 0 Å². The molecule has 90 valence electrons. The van der Waals surface area contributed by atoms with Crippen molar-refractivity contribution in [1.29, 1.82) is 0 Å². The maximum atomic E-state index is 11.6. The van der Waals surface area contributed by atoms with Gasteiger partial charge >= 0.3 is 0 Å². The standard InChI is InChI=1S/C10H13BrN2O2.ClH/c11-7-2-3-9(14)8(6-7)10(15)13-5-1-4-12;/h2-3,6,14H,1,4-5,12H2,(H,13,15);1H. The van der Waals surface area contributed by atoms with Crippen molar-refractivity contribution >= 4 is 34.2 Å². The van der Waals surface area contributed by atoms with Crippen LogP contribution in [0.4, 0.5) is 0 Å². The van der Waals surface area contributed by atoms with Gasteiger partial charge in [-0.15, -0.1) is 12.4 Å². The summed E-state index contributed by atoms with van der Waals surface area (Å²) in [4.78, 5) is 11.6. The zero-order valence-electron chi connectivity index (χ0n) is 8.57. The lowest BCUT2D eigenvalue weighted by molar-refractivity contribution is 0.0951. The summed E-state index contributed by atoms with van der Waals surface area (Å²) in [5.41, 5.74) is 5.56. The van der Waals surface area contributed by atoms with E-state index < -0.39 is 0 Å². The second kappa shape index (κ2) is 7.49. The van der Waals surface area contributed by atoms with Gasteiger partial charge in [0.15, 0.2) is 0 Å². The average Bonchev–Trinajstić information content (AvgIpc) is 2.22. The first-order valence-electron chi connectivity index (χ1n) is 4.62. The molecule has 4 nitrogen and oxygen atoms in total. The molecule has 1 rings (SSSR count). The second-order valence-electron chi connectivity index (χ2n) is 3.06. The van der Waals surface area contributed by atoms with E-state index in [1.54, 1.807) is 12.1 Å². The van der Waals surface area contributed by atoms with E-state index in [1.165, 1.54) is 6.07 Å². The number of nitrogens with two attached hydrogens (primary N) is 1. The topological polar surface area (TPSA) is 75.3 Å². The highest BCUT2D eigenvalue weighted by Crippen LogP contribution is 2.21. The molecule has 16 heavy (non-hydrogen) atoms. The first-order chi connectivity index (χ1) is 7.15. The normalized spacial score (nSPS) is 9.38. The molecule has 0 aliphatic heterocycles. The third-order valence-electron chi connectivity index (χ3n) is 1.87. The van der Waals surface area contributed by atoms with Gasteiger partial charge in [-0.3, -0.25) is 4.79 Å². The zero-order chi connectivity index (χ0) is 11.3. The van der Waals surface area contributed by atoms with E-state index in [0.29, 0.717) is 13.1 Å². The number of amides is 1. The molecule has 0 aliphatic carbocycles. The molecule has 6 heteroatoms. The maximum absolute atomic E-state index is 11.6. The highest BCUT2D eigenvalue weighted by Gasteiger charge is 2.10. The fourth-order valence-electron chi connectivity index (χ4n) is 1.09. The van der Waals surface area contributed by atoms with Crippen molar-refractivity contribution in [3.63, 3.8) is 0 Å². The lowest BCUT2D eigenvalue weighted by atomic mass is 10.2. The molecule has 0 unspecified atom stereocenters. The molecule has 0 aliphatic rings. The Balaban J connectivity index is 0.00000225. The van der Waals surface area contributed by atoms with Crippen molar-refractivity contribution in [3.05, 3.63) is 28.2 Å². The Morgan fingerprint density at radius 1 is 1.50 bits per heavy atom. The highest BCUT2D eigenvalue weighted by atomic mass is 79.9. The molecule has 0 bridgehead atoms. The number of halogens is 2. The van der Waals surface area contributed by atoms with E-state index in [-0.39, 0.29) is 29.6 Å². The molecule has 1 aromatic rings. The van der Waals surface area contributed by atoms with Gasteiger partial charge in [-0.1, -0.05) is 15.9 Å². The highest BCUT2D eigenvalue weighted by molar-refractivity contribution is 9.10. The molecule has 0 aromatic heterocycles. The van der Waals surface area contributed by atoms with E-state index in [9.17, 15) is 9.90 Å². The van der Waals surface area contributed by atoms with Crippen LogP contribution in [0.2, 0.25) is 0 Å². The van der Waals surface area contributed by atoms with Crippen molar-refractivity contribution in [3.8, 4) is 5.75 Å². The van der Waals surface area contributed by atoms with Crippen LogP contribution in [0.3, 0.4) is 0 Å². The number of benzene rings is 1. The van der Waals surface area contributed by atoms with Crippen LogP contribution in [-0.4, -0.2) is 24.1 Å². The lowest BCUT2D eigenvalue weighted by Crippen LogP contribution is -2.26. The van der Waals surface area contributed by atoms with Gasteiger partial charge in [0, 0.05) is 11.0 Å². The van der Waals surface area contributed by atoms with Crippen molar-refractivity contribution in [2.24, 2.45) is 5.73 Å². The second-order valence-corrected chi connectivity index (χ2v) is 3.98. The minimum atomic E-state index is -0.290. The largest absolute Gasteiger partial charge is 0.507 e. The summed E-state index contributed by atoms with van der Waals surface area (Å²) in [5.74, 6) is -0.314. The van der Waals surface area contributed by atoms with Crippen LogP contribution in [-0.2, 0) is 0 Å². The van der Waals surface area contributed by atoms with Crippen LogP contribution in [0.5, 0.6) is 5.75 Å². The maximum Gasteiger partial charge on any atom is 0.255 e. The van der Waals surface area contributed by atoms with Gasteiger partial charge in [0.2, 0.25) is 0 Å². The molecule has 0 fully saturated rings. The minimum Gasteiger partial charge on any atom is -0.507 e. The van der Waals surface area contributed by atoms with Crippen molar-refractivity contribution < 1.29 is 9.90 Å². The van der Waals surface area contributed by atoms with Gasteiger partial charge in [-0.05, 0) is 31.2 Å². The Morgan fingerprint density at radius 3 is 2.81 bits per heavy atom. The van der Waals surface area contributed by atoms with Gasteiger partial charge in [0.05, 0.1) is 5.56 Å². The molecule has 1 aromatic carbocycles. The summed E-state index contributed by atoms with van der Waals surface area (Å²) < 4.78 is 0.754. The number of rotatable bonds is 4. The minimum absolute atomic E-state index is 0. The fraction of sp³-hybridized carbons (Fsp3) is 0.300. The molecule has 0 heterocycles. The summed E-state index contributed by atoms with van der Waals surface area (Å²) in [7, 11) is 0. The van der Waals surface area contributed by atoms with E-state index in [2.05, 4.69) is 21.2 Å². The number of phenols is 1. The van der Waals surface area contributed by atoms with Crippen LogP contribution in [0, 0.1) is 0 Å². The van der Waals surface area contributed by atoms with Crippen LogP contribution < -0.4 is 11.1 Å². The molecule has 0 saturated heterocycles. The lowest BCUT2D eigenvalue weighted by Gasteiger charge is -2.06. The number of phenolic OH excluding ortho intramolecular Hbond substituents is 1. The molecular formula is C10H14BrClN2O2.